The van der Waals surface area contributed by atoms with Gasteiger partial charge in [0.15, 0.2) is 0 Å². The molecule has 1 rings (SSSR count). The zero-order chi connectivity index (χ0) is 12.7. The SMILES string of the molecule is CC(CO)CNC(=O)CSCc1ccc(Cl)s1. The van der Waals surface area contributed by atoms with Crippen molar-refractivity contribution in [1.82, 2.24) is 5.32 Å². The molecule has 0 saturated heterocycles. The van der Waals surface area contributed by atoms with Gasteiger partial charge in [-0.3, -0.25) is 4.79 Å². The van der Waals surface area contributed by atoms with Crippen LogP contribution in [0.5, 0.6) is 0 Å². The first-order valence-electron chi connectivity index (χ1n) is 5.31. The van der Waals surface area contributed by atoms with Crippen LogP contribution in [-0.4, -0.2) is 29.9 Å². The number of hydrogen-bond donors (Lipinski definition) is 2. The van der Waals surface area contributed by atoms with Gasteiger partial charge in [0.1, 0.15) is 0 Å². The number of aliphatic hydroxyl groups is 1. The predicted molar refractivity (Wildman–Crippen MR) is 74.8 cm³/mol. The molecule has 0 radical (unpaired) electrons. The van der Waals surface area contributed by atoms with E-state index in [1.165, 1.54) is 4.88 Å². The van der Waals surface area contributed by atoms with E-state index >= 15 is 0 Å². The van der Waals surface area contributed by atoms with Crippen LogP contribution in [-0.2, 0) is 10.5 Å². The summed E-state index contributed by atoms with van der Waals surface area (Å²) in [6.45, 7) is 2.52. The van der Waals surface area contributed by atoms with E-state index in [0.717, 1.165) is 10.1 Å². The summed E-state index contributed by atoms with van der Waals surface area (Å²) in [4.78, 5) is 12.6. The van der Waals surface area contributed by atoms with Crippen molar-refractivity contribution in [3.05, 3.63) is 21.3 Å². The Hall–Kier alpha value is -0.230. The van der Waals surface area contributed by atoms with Crippen LogP contribution in [0.1, 0.15) is 11.8 Å². The topological polar surface area (TPSA) is 49.3 Å². The number of carbonyl (C=O) groups is 1. The van der Waals surface area contributed by atoms with E-state index in [1.807, 2.05) is 19.1 Å². The number of halogens is 1. The van der Waals surface area contributed by atoms with Crippen molar-refractivity contribution < 1.29 is 9.90 Å². The van der Waals surface area contributed by atoms with Gasteiger partial charge in [-0.05, 0) is 18.1 Å². The summed E-state index contributed by atoms with van der Waals surface area (Å²) in [7, 11) is 0. The lowest BCUT2D eigenvalue weighted by Gasteiger charge is -2.09. The van der Waals surface area contributed by atoms with Crippen LogP contribution in [0.3, 0.4) is 0 Å². The maximum Gasteiger partial charge on any atom is 0.230 e. The predicted octanol–water partition coefficient (Wildman–Crippen LogP) is 2.38. The number of thiophene rings is 1. The lowest BCUT2D eigenvalue weighted by Crippen LogP contribution is -2.30. The van der Waals surface area contributed by atoms with Gasteiger partial charge >= 0.3 is 0 Å². The standard InChI is InChI=1S/C11H16ClNO2S2/c1-8(5-14)4-13-11(15)7-16-6-9-2-3-10(12)17-9/h2-3,8,14H,4-7H2,1H3,(H,13,15). The Kier molecular flexibility index (Phi) is 6.96. The molecule has 0 bridgehead atoms. The zero-order valence-electron chi connectivity index (χ0n) is 9.61. The summed E-state index contributed by atoms with van der Waals surface area (Å²) in [5.74, 6) is 1.37. The average Bonchev–Trinajstić information content (AvgIpc) is 2.72. The number of nitrogens with one attached hydrogen (secondary N) is 1. The molecule has 17 heavy (non-hydrogen) atoms. The Morgan fingerprint density at radius 2 is 2.41 bits per heavy atom. The highest BCUT2D eigenvalue weighted by Crippen LogP contribution is 2.24. The molecule has 2 N–H and O–H groups in total. The van der Waals surface area contributed by atoms with Crippen LogP contribution in [0.4, 0.5) is 0 Å². The first-order valence-corrected chi connectivity index (χ1v) is 7.66. The van der Waals surface area contributed by atoms with Gasteiger partial charge in [-0.2, -0.15) is 0 Å². The van der Waals surface area contributed by atoms with Crippen molar-refractivity contribution in [2.24, 2.45) is 5.92 Å². The Balaban J connectivity index is 2.12. The van der Waals surface area contributed by atoms with E-state index < -0.39 is 0 Å². The smallest absolute Gasteiger partial charge is 0.230 e. The lowest BCUT2D eigenvalue weighted by molar-refractivity contribution is -0.118. The molecule has 0 fully saturated rings. The second-order valence-electron chi connectivity index (χ2n) is 3.79. The van der Waals surface area contributed by atoms with Crippen molar-refractivity contribution in [3.8, 4) is 0 Å². The zero-order valence-corrected chi connectivity index (χ0v) is 12.0. The molecule has 1 amide bonds. The van der Waals surface area contributed by atoms with Gasteiger partial charge in [0.25, 0.3) is 0 Å². The van der Waals surface area contributed by atoms with Crippen LogP contribution in [0.15, 0.2) is 12.1 Å². The van der Waals surface area contributed by atoms with Crippen LogP contribution < -0.4 is 5.32 Å². The highest BCUT2D eigenvalue weighted by Gasteiger charge is 2.05. The quantitative estimate of drug-likeness (QED) is 0.811. The third kappa shape index (κ3) is 6.31. The van der Waals surface area contributed by atoms with Gasteiger partial charge in [-0.1, -0.05) is 18.5 Å². The third-order valence-electron chi connectivity index (χ3n) is 2.07. The minimum Gasteiger partial charge on any atom is -0.396 e. The first-order chi connectivity index (χ1) is 8.11. The molecule has 96 valence electrons. The van der Waals surface area contributed by atoms with Crippen LogP contribution >= 0.6 is 34.7 Å². The summed E-state index contributed by atoms with van der Waals surface area (Å²) >= 11 is 8.91. The van der Waals surface area contributed by atoms with E-state index in [9.17, 15) is 4.79 Å². The largest absolute Gasteiger partial charge is 0.396 e. The highest BCUT2D eigenvalue weighted by atomic mass is 35.5. The van der Waals surface area contributed by atoms with Gasteiger partial charge < -0.3 is 10.4 Å². The van der Waals surface area contributed by atoms with E-state index in [0.29, 0.717) is 12.3 Å². The fraction of sp³-hybridized carbons (Fsp3) is 0.545. The number of hydrogen-bond acceptors (Lipinski definition) is 4. The molecule has 1 aromatic rings. The summed E-state index contributed by atoms with van der Waals surface area (Å²) in [6.07, 6.45) is 0. The molecule has 0 saturated carbocycles. The second kappa shape index (κ2) is 7.97. The fourth-order valence-electron chi connectivity index (χ4n) is 1.08. The monoisotopic (exact) mass is 293 g/mol. The normalized spacial score (nSPS) is 12.4. The minimum atomic E-state index is 0.0120. The molecule has 0 aliphatic carbocycles. The number of carbonyl (C=O) groups excluding carboxylic acids is 1. The number of rotatable bonds is 7. The maximum absolute atomic E-state index is 11.4. The van der Waals surface area contributed by atoms with Crippen molar-refractivity contribution in [2.45, 2.75) is 12.7 Å². The summed E-state index contributed by atoms with van der Waals surface area (Å²) in [5.41, 5.74) is 0. The van der Waals surface area contributed by atoms with Crippen molar-refractivity contribution in [2.75, 3.05) is 18.9 Å². The van der Waals surface area contributed by atoms with Gasteiger partial charge in [-0.25, -0.2) is 0 Å². The number of aliphatic hydroxyl groups excluding tert-OH is 1. The van der Waals surface area contributed by atoms with Crippen LogP contribution in [0.2, 0.25) is 4.34 Å². The molecule has 3 nitrogen and oxygen atoms in total. The Bertz CT molecular complexity index is 357. The van der Waals surface area contributed by atoms with Crippen molar-refractivity contribution in [3.63, 3.8) is 0 Å². The summed E-state index contributed by atoms with van der Waals surface area (Å²) < 4.78 is 0.779. The molecule has 0 aliphatic rings. The molecule has 0 aliphatic heterocycles. The van der Waals surface area contributed by atoms with Gasteiger partial charge in [0.2, 0.25) is 5.91 Å². The molecule has 0 aromatic carbocycles. The Labute approximate surface area is 115 Å². The Morgan fingerprint density at radius 3 is 3.00 bits per heavy atom. The lowest BCUT2D eigenvalue weighted by atomic mass is 10.2. The van der Waals surface area contributed by atoms with Gasteiger partial charge in [-0.15, -0.1) is 23.1 Å². The van der Waals surface area contributed by atoms with Crippen LogP contribution in [0.25, 0.3) is 0 Å². The van der Waals surface area contributed by atoms with E-state index in [-0.39, 0.29) is 18.4 Å². The van der Waals surface area contributed by atoms with E-state index in [4.69, 9.17) is 16.7 Å². The number of amides is 1. The maximum atomic E-state index is 11.4. The van der Waals surface area contributed by atoms with Gasteiger partial charge in [0, 0.05) is 23.8 Å². The van der Waals surface area contributed by atoms with E-state index in [2.05, 4.69) is 5.32 Å². The molecule has 1 aromatic heterocycles. The average molecular weight is 294 g/mol. The van der Waals surface area contributed by atoms with Gasteiger partial charge in [0.05, 0.1) is 10.1 Å². The van der Waals surface area contributed by atoms with Crippen molar-refractivity contribution >= 4 is 40.6 Å². The molecule has 0 spiro atoms. The number of thioether (sulfide) groups is 1. The molecule has 1 unspecified atom stereocenters. The van der Waals surface area contributed by atoms with Crippen LogP contribution in [0, 0.1) is 5.92 Å². The summed E-state index contributed by atoms with van der Waals surface area (Å²) in [6, 6.07) is 3.84. The Morgan fingerprint density at radius 1 is 1.65 bits per heavy atom. The third-order valence-corrected chi connectivity index (χ3v) is 4.46. The molecular formula is C11H16ClNO2S2. The first kappa shape index (κ1) is 14.8. The summed E-state index contributed by atoms with van der Waals surface area (Å²) in [5, 5.41) is 11.6. The molecule has 6 heteroatoms. The molecular weight excluding hydrogens is 278 g/mol. The molecule has 1 atom stereocenters. The van der Waals surface area contributed by atoms with E-state index in [1.54, 1.807) is 23.1 Å². The second-order valence-corrected chi connectivity index (χ2v) is 6.58. The minimum absolute atomic E-state index is 0.0120. The van der Waals surface area contributed by atoms with Crippen molar-refractivity contribution in [1.29, 1.82) is 0 Å². The fourth-order valence-corrected chi connectivity index (χ4v) is 3.13. The highest BCUT2D eigenvalue weighted by molar-refractivity contribution is 7.99. The molecule has 1 heterocycles.